The molecule has 1 rings (SSSR count). The molecule has 0 aliphatic carbocycles. The van der Waals surface area contributed by atoms with Gasteiger partial charge in [-0.25, -0.2) is 22.0 Å². The summed E-state index contributed by atoms with van der Waals surface area (Å²) in [5.41, 5.74) is 3.46. The standard InChI is InChI=1S/C11H13F5N2/c1-11(2,4-17)18(3)10-8(15)6(13)5(12)7(14)9(10)16/h4,17H2,1-3H3. The Kier molecular flexibility index (Phi) is 3.85. The smallest absolute Gasteiger partial charge is 0.200 e. The zero-order chi connectivity index (χ0) is 14.2. The minimum Gasteiger partial charge on any atom is -0.363 e. The number of anilines is 1. The molecule has 0 saturated heterocycles. The third kappa shape index (κ3) is 2.14. The van der Waals surface area contributed by atoms with Gasteiger partial charge in [0.25, 0.3) is 0 Å². The van der Waals surface area contributed by atoms with Crippen molar-refractivity contribution >= 4 is 5.69 Å². The molecule has 0 amide bonds. The van der Waals surface area contributed by atoms with Crippen LogP contribution in [-0.2, 0) is 0 Å². The van der Waals surface area contributed by atoms with Crippen LogP contribution in [0.25, 0.3) is 0 Å². The first-order valence-corrected chi connectivity index (χ1v) is 5.10. The van der Waals surface area contributed by atoms with Crippen LogP contribution in [0.5, 0.6) is 0 Å². The highest BCUT2D eigenvalue weighted by Gasteiger charge is 2.32. The van der Waals surface area contributed by atoms with Crippen molar-refractivity contribution in [2.75, 3.05) is 18.5 Å². The summed E-state index contributed by atoms with van der Waals surface area (Å²) in [6.07, 6.45) is 0. The topological polar surface area (TPSA) is 29.3 Å². The average Bonchev–Trinajstić information content (AvgIpc) is 2.34. The average molecular weight is 268 g/mol. The predicted molar refractivity (Wildman–Crippen MR) is 57.8 cm³/mol. The first kappa shape index (κ1) is 14.7. The van der Waals surface area contributed by atoms with E-state index in [0.29, 0.717) is 0 Å². The SMILES string of the molecule is CN(c1c(F)c(F)c(F)c(F)c1F)C(C)(C)CN. The Bertz CT molecular complexity index is 444. The van der Waals surface area contributed by atoms with E-state index in [1.165, 1.54) is 20.9 Å². The summed E-state index contributed by atoms with van der Waals surface area (Å²) < 4.78 is 66.0. The molecule has 18 heavy (non-hydrogen) atoms. The predicted octanol–water partition coefficient (Wildman–Crippen LogP) is 2.56. The van der Waals surface area contributed by atoms with Crippen LogP contribution >= 0.6 is 0 Å². The first-order chi connectivity index (χ1) is 8.15. The Balaban J connectivity index is 3.52. The molecule has 1 aromatic carbocycles. The molecule has 0 bridgehead atoms. The lowest BCUT2D eigenvalue weighted by atomic mass is 10.0. The molecular formula is C11H13F5N2. The molecular weight excluding hydrogens is 255 g/mol. The van der Waals surface area contributed by atoms with Crippen LogP contribution in [0.4, 0.5) is 27.6 Å². The van der Waals surface area contributed by atoms with Crippen LogP contribution < -0.4 is 10.6 Å². The maximum atomic E-state index is 13.5. The Labute approximate surface area is 101 Å². The number of likely N-dealkylation sites (N-methyl/N-ethyl adjacent to an activating group) is 1. The zero-order valence-electron chi connectivity index (χ0n) is 10.1. The van der Waals surface area contributed by atoms with E-state index >= 15 is 0 Å². The largest absolute Gasteiger partial charge is 0.363 e. The van der Waals surface area contributed by atoms with Gasteiger partial charge in [0.05, 0.1) is 0 Å². The van der Waals surface area contributed by atoms with Gasteiger partial charge in [-0.1, -0.05) is 0 Å². The minimum atomic E-state index is -2.17. The van der Waals surface area contributed by atoms with E-state index in [-0.39, 0.29) is 6.54 Å². The molecule has 0 atom stereocenters. The molecule has 2 nitrogen and oxygen atoms in total. The summed E-state index contributed by atoms with van der Waals surface area (Å²) in [7, 11) is 1.21. The fourth-order valence-electron chi connectivity index (χ4n) is 1.33. The molecule has 0 aromatic heterocycles. The Hall–Kier alpha value is -1.37. The highest BCUT2D eigenvalue weighted by molar-refractivity contribution is 5.52. The van der Waals surface area contributed by atoms with Crippen LogP contribution in [0, 0.1) is 29.1 Å². The van der Waals surface area contributed by atoms with Gasteiger partial charge in [0.1, 0.15) is 5.69 Å². The van der Waals surface area contributed by atoms with Crippen molar-refractivity contribution in [3.05, 3.63) is 29.1 Å². The highest BCUT2D eigenvalue weighted by atomic mass is 19.2. The molecule has 0 radical (unpaired) electrons. The zero-order valence-corrected chi connectivity index (χ0v) is 10.1. The minimum absolute atomic E-state index is 0.0248. The van der Waals surface area contributed by atoms with Crippen LogP contribution in [0.2, 0.25) is 0 Å². The van der Waals surface area contributed by atoms with E-state index in [9.17, 15) is 22.0 Å². The summed E-state index contributed by atoms with van der Waals surface area (Å²) in [5, 5.41) is 0. The monoisotopic (exact) mass is 268 g/mol. The van der Waals surface area contributed by atoms with Crippen LogP contribution in [0.15, 0.2) is 0 Å². The van der Waals surface area contributed by atoms with Crippen molar-refractivity contribution in [3.63, 3.8) is 0 Å². The lowest BCUT2D eigenvalue weighted by molar-refractivity contribution is 0.372. The van der Waals surface area contributed by atoms with Gasteiger partial charge in [0.15, 0.2) is 23.3 Å². The van der Waals surface area contributed by atoms with Gasteiger partial charge >= 0.3 is 0 Å². The number of rotatable bonds is 3. The summed E-state index contributed by atoms with van der Waals surface area (Å²) in [6, 6.07) is 0. The summed E-state index contributed by atoms with van der Waals surface area (Å²) in [5.74, 6) is -9.84. The number of halogens is 5. The number of nitrogens with two attached hydrogens (primary N) is 1. The molecule has 1 aromatic rings. The number of nitrogens with zero attached hydrogens (tertiary/aromatic N) is 1. The van der Waals surface area contributed by atoms with E-state index in [4.69, 9.17) is 5.73 Å². The van der Waals surface area contributed by atoms with Crippen molar-refractivity contribution in [1.29, 1.82) is 0 Å². The van der Waals surface area contributed by atoms with Crippen molar-refractivity contribution < 1.29 is 22.0 Å². The second kappa shape index (κ2) is 4.72. The van der Waals surface area contributed by atoms with Gasteiger partial charge in [-0.3, -0.25) is 0 Å². The molecule has 2 N–H and O–H groups in total. The number of hydrogen-bond donors (Lipinski definition) is 1. The van der Waals surface area contributed by atoms with Crippen molar-refractivity contribution in [2.45, 2.75) is 19.4 Å². The van der Waals surface area contributed by atoms with Crippen LogP contribution in [0.1, 0.15) is 13.8 Å². The lowest BCUT2D eigenvalue weighted by Gasteiger charge is -2.36. The Morgan fingerprint density at radius 3 is 1.56 bits per heavy atom. The molecule has 102 valence electrons. The summed E-state index contributed by atoms with van der Waals surface area (Å²) in [4.78, 5) is 0.934. The van der Waals surface area contributed by atoms with Crippen molar-refractivity contribution in [2.24, 2.45) is 5.73 Å². The maximum absolute atomic E-state index is 13.5. The Morgan fingerprint density at radius 2 is 1.22 bits per heavy atom. The third-order valence-corrected chi connectivity index (χ3v) is 2.93. The first-order valence-electron chi connectivity index (χ1n) is 5.10. The number of benzene rings is 1. The van der Waals surface area contributed by atoms with Gasteiger partial charge in [-0.15, -0.1) is 0 Å². The second-order valence-electron chi connectivity index (χ2n) is 4.49. The summed E-state index contributed by atoms with van der Waals surface area (Å²) >= 11 is 0. The molecule has 0 fully saturated rings. The van der Waals surface area contributed by atoms with Gasteiger partial charge in [0.2, 0.25) is 5.82 Å². The van der Waals surface area contributed by atoms with E-state index in [1.54, 1.807) is 0 Å². The van der Waals surface area contributed by atoms with E-state index in [1.807, 2.05) is 0 Å². The maximum Gasteiger partial charge on any atom is 0.200 e. The van der Waals surface area contributed by atoms with Crippen LogP contribution in [0.3, 0.4) is 0 Å². The van der Waals surface area contributed by atoms with Gasteiger partial charge in [0, 0.05) is 19.1 Å². The molecule has 0 heterocycles. The Morgan fingerprint density at radius 1 is 0.889 bits per heavy atom. The normalized spacial score (nSPS) is 11.8. The molecule has 0 unspecified atom stereocenters. The molecule has 0 spiro atoms. The third-order valence-electron chi connectivity index (χ3n) is 2.93. The van der Waals surface area contributed by atoms with Crippen molar-refractivity contribution in [3.8, 4) is 0 Å². The van der Waals surface area contributed by atoms with Crippen LogP contribution in [-0.4, -0.2) is 19.1 Å². The van der Waals surface area contributed by atoms with Gasteiger partial charge in [-0.05, 0) is 13.8 Å². The fraction of sp³-hybridized carbons (Fsp3) is 0.455. The summed E-state index contributed by atoms with van der Waals surface area (Å²) in [6.45, 7) is 3.01. The molecule has 0 aliphatic rings. The van der Waals surface area contributed by atoms with E-state index < -0.39 is 40.3 Å². The fourth-order valence-corrected chi connectivity index (χ4v) is 1.33. The van der Waals surface area contributed by atoms with Gasteiger partial charge < -0.3 is 10.6 Å². The van der Waals surface area contributed by atoms with E-state index in [0.717, 1.165) is 4.90 Å². The highest BCUT2D eigenvalue weighted by Crippen LogP contribution is 2.32. The molecule has 7 heteroatoms. The quantitative estimate of drug-likeness (QED) is 0.518. The second-order valence-corrected chi connectivity index (χ2v) is 4.49. The van der Waals surface area contributed by atoms with E-state index in [2.05, 4.69) is 0 Å². The van der Waals surface area contributed by atoms with Gasteiger partial charge in [-0.2, -0.15) is 0 Å². The lowest BCUT2D eigenvalue weighted by Crippen LogP contribution is -2.48. The molecule has 0 aliphatic heterocycles. The molecule has 0 saturated carbocycles. The number of hydrogen-bond acceptors (Lipinski definition) is 2. The van der Waals surface area contributed by atoms with Crippen molar-refractivity contribution in [1.82, 2.24) is 0 Å².